The summed E-state index contributed by atoms with van der Waals surface area (Å²) in [6.07, 6.45) is 6.20. The van der Waals surface area contributed by atoms with E-state index in [9.17, 15) is 13.2 Å². The first-order valence-corrected chi connectivity index (χ1v) is 12.4. The zero-order chi connectivity index (χ0) is 20.4. The van der Waals surface area contributed by atoms with Gasteiger partial charge in [0.05, 0.1) is 11.7 Å². The Morgan fingerprint density at radius 3 is 2.66 bits per heavy atom. The lowest BCUT2D eigenvalue weighted by molar-refractivity contribution is -0.137. The highest BCUT2D eigenvalue weighted by Crippen LogP contribution is 2.34. The van der Waals surface area contributed by atoms with E-state index < -0.39 is 10.0 Å². The van der Waals surface area contributed by atoms with E-state index in [0.717, 1.165) is 44.3 Å². The van der Waals surface area contributed by atoms with E-state index in [2.05, 4.69) is 29.4 Å². The summed E-state index contributed by atoms with van der Waals surface area (Å²) in [5.41, 5.74) is 2.51. The molecular formula is C22H31N3O3S. The Kier molecular flexibility index (Phi) is 5.97. The van der Waals surface area contributed by atoms with Crippen LogP contribution in [0, 0.1) is 5.92 Å². The second-order valence-electron chi connectivity index (χ2n) is 8.40. The lowest BCUT2D eigenvalue weighted by Gasteiger charge is -2.37. The number of nitrogens with one attached hydrogen (secondary N) is 1. The molecule has 2 aliphatic rings. The molecule has 0 spiro atoms. The molecule has 4 rings (SSSR count). The number of amides is 1. The summed E-state index contributed by atoms with van der Waals surface area (Å²) in [6, 6.07) is 8.36. The van der Waals surface area contributed by atoms with Crippen LogP contribution in [0.5, 0.6) is 0 Å². The molecule has 1 atom stereocenters. The fourth-order valence-corrected chi connectivity index (χ4v) is 6.47. The first kappa shape index (κ1) is 20.4. The fraction of sp³-hybridized carbons (Fsp3) is 0.591. The van der Waals surface area contributed by atoms with Gasteiger partial charge in [-0.25, -0.2) is 12.7 Å². The summed E-state index contributed by atoms with van der Waals surface area (Å²) >= 11 is 0. The molecule has 0 saturated carbocycles. The SMILES string of the molecule is CCCS(=O)(=O)N1CCCC(C(=O)N2CCC(c3c[nH]c4ccccc34)CC2)C1. The number of hydrogen-bond donors (Lipinski definition) is 1. The predicted molar refractivity (Wildman–Crippen MR) is 115 cm³/mol. The van der Waals surface area contributed by atoms with Gasteiger partial charge in [0.1, 0.15) is 0 Å². The second kappa shape index (κ2) is 8.48. The quantitative estimate of drug-likeness (QED) is 0.811. The van der Waals surface area contributed by atoms with Crippen LogP contribution in [0.2, 0.25) is 0 Å². The van der Waals surface area contributed by atoms with E-state index in [1.54, 1.807) is 4.31 Å². The summed E-state index contributed by atoms with van der Waals surface area (Å²) in [7, 11) is -3.23. The van der Waals surface area contributed by atoms with Gasteiger partial charge in [0, 0.05) is 43.3 Å². The van der Waals surface area contributed by atoms with Crippen molar-refractivity contribution in [3.05, 3.63) is 36.0 Å². The van der Waals surface area contributed by atoms with Crippen molar-refractivity contribution in [2.75, 3.05) is 31.9 Å². The number of aromatic amines is 1. The van der Waals surface area contributed by atoms with Crippen LogP contribution in [0.4, 0.5) is 0 Å². The number of carbonyl (C=O) groups excluding carboxylic acids is 1. The monoisotopic (exact) mass is 417 g/mol. The normalized spacial score (nSPS) is 22.2. The fourth-order valence-electron chi connectivity index (χ4n) is 4.88. The third-order valence-electron chi connectivity index (χ3n) is 6.46. The van der Waals surface area contributed by atoms with Crippen molar-refractivity contribution in [2.24, 2.45) is 5.92 Å². The average molecular weight is 418 g/mol. The highest BCUT2D eigenvalue weighted by atomic mass is 32.2. The summed E-state index contributed by atoms with van der Waals surface area (Å²) < 4.78 is 26.4. The number of rotatable bonds is 5. The molecule has 3 heterocycles. The number of benzene rings is 1. The van der Waals surface area contributed by atoms with Gasteiger partial charge < -0.3 is 9.88 Å². The van der Waals surface area contributed by atoms with Crippen molar-refractivity contribution in [2.45, 2.75) is 44.9 Å². The van der Waals surface area contributed by atoms with Gasteiger partial charge in [-0.2, -0.15) is 0 Å². The first-order chi connectivity index (χ1) is 14.0. The first-order valence-electron chi connectivity index (χ1n) is 10.8. The van der Waals surface area contributed by atoms with Crippen molar-refractivity contribution >= 4 is 26.8 Å². The van der Waals surface area contributed by atoms with Gasteiger partial charge in [-0.05, 0) is 49.7 Å². The van der Waals surface area contributed by atoms with Crippen LogP contribution in [0.3, 0.4) is 0 Å². The molecule has 1 N–H and O–H groups in total. The van der Waals surface area contributed by atoms with Crippen LogP contribution in [0.25, 0.3) is 10.9 Å². The number of likely N-dealkylation sites (tertiary alicyclic amines) is 1. The zero-order valence-electron chi connectivity index (χ0n) is 17.1. The number of sulfonamides is 1. The molecule has 1 unspecified atom stereocenters. The van der Waals surface area contributed by atoms with Crippen molar-refractivity contribution in [1.29, 1.82) is 0 Å². The maximum Gasteiger partial charge on any atom is 0.227 e. The maximum absolute atomic E-state index is 13.1. The van der Waals surface area contributed by atoms with Crippen molar-refractivity contribution < 1.29 is 13.2 Å². The maximum atomic E-state index is 13.1. The molecule has 0 radical (unpaired) electrons. The van der Waals surface area contributed by atoms with Gasteiger partial charge in [0.15, 0.2) is 0 Å². The van der Waals surface area contributed by atoms with Crippen LogP contribution in [-0.4, -0.2) is 60.4 Å². The molecule has 2 aromatic rings. The third-order valence-corrected chi connectivity index (χ3v) is 8.50. The number of hydrogen-bond acceptors (Lipinski definition) is 3. The molecular weight excluding hydrogens is 386 g/mol. The Hall–Kier alpha value is -1.86. The van der Waals surface area contributed by atoms with E-state index in [1.165, 1.54) is 10.9 Å². The summed E-state index contributed by atoms with van der Waals surface area (Å²) in [4.78, 5) is 18.4. The standard InChI is InChI=1S/C22H31N3O3S/c1-2-14-29(27,28)25-11-5-6-18(16-25)22(26)24-12-9-17(10-13-24)20-15-23-21-8-4-3-7-19(20)21/h3-4,7-8,15,17-18,23H,2,5-6,9-14,16H2,1H3. The van der Waals surface area contributed by atoms with Gasteiger partial charge in [-0.3, -0.25) is 4.79 Å². The molecule has 1 aromatic carbocycles. The van der Waals surface area contributed by atoms with Crippen LogP contribution in [-0.2, 0) is 14.8 Å². The number of carbonyl (C=O) groups is 1. The predicted octanol–water partition coefficient (Wildman–Crippen LogP) is 3.33. The van der Waals surface area contributed by atoms with E-state index in [-0.39, 0.29) is 17.6 Å². The highest BCUT2D eigenvalue weighted by Gasteiger charge is 2.35. The number of fused-ring (bicyclic) bond motifs is 1. The van der Waals surface area contributed by atoms with Crippen LogP contribution < -0.4 is 0 Å². The molecule has 2 aliphatic heterocycles. The topological polar surface area (TPSA) is 73.5 Å². The molecule has 0 aliphatic carbocycles. The Bertz CT molecular complexity index is 961. The van der Waals surface area contributed by atoms with E-state index in [1.807, 2.05) is 17.9 Å². The molecule has 2 fully saturated rings. The van der Waals surface area contributed by atoms with Crippen LogP contribution >= 0.6 is 0 Å². The largest absolute Gasteiger partial charge is 0.361 e. The molecule has 0 bridgehead atoms. The van der Waals surface area contributed by atoms with Gasteiger partial charge in [-0.15, -0.1) is 0 Å². The van der Waals surface area contributed by atoms with Crippen LogP contribution in [0.1, 0.15) is 50.5 Å². The van der Waals surface area contributed by atoms with E-state index in [0.29, 0.717) is 25.4 Å². The molecule has 6 nitrogen and oxygen atoms in total. The van der Waals surface area contributed by atoms with E-state index >= 15 is 0 Å². The number of nitrogens with zero attached hydrogens (tertiary/aromatic N) is 2. The number of para-hydroxylation sites is 1. The Morgan fingerprint density at radius 2 is 1.90 bits per heavy atom. The molecule has 29 heavy (non-hydrogen) atoms. The number of piperidine rings is 2. The molecule has 1 amide bonds. The molecule has 1 aromatic heterocycles. The summed E-state index contributed by atoms with van der Waals surface area (Å²) in [6.45, 7) is 4.28. The van der Waals surface area contributed by atoms with Gasteiger partial charge in [0.25, 0.3) is 0 Å². The smallest absolute Gasteiger partial charge is 0.227 e. The Balaban J connectivity index is 1.37. The van der Waals surface area contributed by atoms with Crippen molar-refractivity contribution in [3.63, 3.8) is 0 Å². The highest BCUT2D eigenvalue weighted by molar-refractivity contribution is 7.89. The van der Waals surface area contributed by atoms with Gasteiger partial charge in [0.2, 0.25) is 15.9 Å². The average Bonchev–Trinajstić information content (AvgIpc) is 3.18. The third kappa shape index (κ3) is 4.21. The van der Waals surface area contributed by atoms with Gasteiger partial charge >= 0.3 is 0 Å². The van der Waals surface area contributed by atoms with E-state index in [4.69, 9.17) is 0 Å². The summed E-state index contributed by atoms with van der Waals surface area (Å²) in [5.74, 6) is 0.575. The minimum absolute atomic E-state index is 0.138. The molecule has 158 valence electrons. The van der Waals surface area contributed by atoms with Crippen molar-refractivity contribution in [3.8, 4) is 0 Å². The zero-order valence-corrected chi connectivity index (χ0v) is 18.0. The van der Waals surface area contributed by atoms with Gasteiger partial charge in [-0.1, -0.05) is 25.1 Å². The second-order valence-corrected chi connectivity index (χ2v) is 10.5. The minimum Gasteiger partial charge on any atom is -0.361 e. The number of H-pyrrole nitrogens is 1. The Morgan fingerprint density at radius 1 is 1.14 bits per heavy atom. The van der Waals surface area contributed by atoms with Crippen molar-refractivity contribution in [1.82, 2.24) is 14.2 Å². The lowest BCUT2D eigenvalue weighted by atomic mass is 9.88. The minimum atomic E-state index is -3.23. The Labute approximate surface area is 173 Å². The molecule has 2 saturated heterocycles. The number of aromatic nitrogens is 1. The molecule has 7 heteroatoms. The lowest BCUT2D eigenvalue weighted by Crippen LogP contribution is -2.48. The van der Waals surface area contributed by atoms with Crippen LogP contribution in [0.15, 0.2) is 30.5 Å². The summed E-state index contributed by atoms with van der Waals surface area (Å²) in [5, 5.41) is 1.28.